The summed E-state index contributed by atoms with van der Waals surface area (Å²) in [6.45, 7) is 4.32. The summed E-state index contributed by atoms with van der Waals surface area (Å²) in [6.07, 6.45) is 6.36. The number of nitrogens with zero attached hydrogens (tertiary/aromatic N) is 2. The molecule has 1 fully saturated rings. The maximum atomic E-state index is 4.26. The second-order valence-corrected chi connectivity index (χ2v) is 4.96. The number of imidazole rings is 1. The highest BCUT2D eigenvalue weighted by molar-refractivity contribution is 5.37. The fourth-order valence-electron chi connectivity index (χ4n) is 2.71. The predicted octanol–water partition coefficient (Wildman–Crippen LogP) is 2.65. The Morgan fingerprint density at radius 2 is 1.89 bits per heavy atom. The molecule has 1 aliphatic heterocycles. The fourth-order valence-corrected chi connectivity index (χ4v) is 2.71. The molecule has 3 nitrogen and oxygen atoms in total. The molecule has 18 heavy (non-hydrogen) atoms. The molecule has 0 aliphatic carbocycles. The largest absolute Gasteiger partial charge is 0.317 e. The molecule has 2 heterocycles. The molecule has 0 spiro atoms. The van der Waals surface area contributed by atoms with Crippen molar-refractivity contribution in [1.29, 1.82) is 0 Å². The van der Waals surface area contributed by atoms with Gasteiger partial charge in [-0.1, -0.05) is 12.1 Å². The van der Waals surface area contributed by atoms with Crippen LogP contribution in [0.25, 0.3) is 5.69 Å². The zero-order valence-corrected chi connectivity index (χ0v) is 10.8. The zero-order valence-electron chi connectivity index (χ0n) is 10.8. The molecule has 1 aliphatic rings. The van der Waals surface area contributed by atoms with Crippen molar-refractivity contribution in [1.82, 2.24) is 14.9 Å². The number of benzene rings is 1. The van der Waals surface area contributed by atoms with Crippen molar-refractivity contribution in [2.75, 3.05) is 13.1 Å². The van der Waals surface area contributed by atoms with Gasteiger partial charge in [-0.3, -0.25) is 0 Å². The van der Waals surface area contributed by atoms with Crippen LogP contribution in [-0.2, 0) is 0 Å². The van der Waals surface area contributed by atoms with Crippen LogP contribution in [0.1, 0.15) is 30.1 Å². The van der Waals surface area contributed by atoms with Crippen LogP contribution in [0, 0.1) is 6.92 Å². The van der Waals surface area contributed by atoms with E-state index in [0.29, 0.717) is 0 Å². The standard InChI is InChI=1S/C15H19N3/c1-12-17-10-11-18(12)15-4-2-13(3-5-15)14-6-8-16-9-7-14/h2-5,10-11,14,16H,6-9H2,1H3. The third-order valence-corrected chi connectivity index (χ3v) is 3.81. The second kappa shape index (κ2) is 4.94. The summed E-state index contributed by atoms with van der Waals surface area (Å²) in [4.78, 5) is 4.26. The van der Waals surface area contributed by atoms with E-state index in [2.05, 4.69) is 39.1 Å². The van der Waals surface area contributed by atoms with Crippen molar-refractivity contribution >= 4 is 0 Å². The van der Waals surface area contributed by atoms with Crippen LogP contribution in [0.4, 0.5) is 0 Å². The second-order valence-electron chi connectivity index (χ2n) is 4.96. The molecule has 2 aromatic rings. The first-order chi connectivity index (χ1) is 8.84. The van der Waals surface area contributed by atoms with Gasteiger partial charge >= 0.3 is 0 Å². The lowest BCUT2D eigenvalue weighted by Crippen LogP contribution is -2.26. The minimum Gasteiger partial charge on any atom is -0.317 e. The fraction of sp³-hybridized carbons (Fsp3) is 0.400. The van der Waals surface area contributed by atoms with Crippen LogP contribution in [0.15, 0.2) is 36.7 Å². The minimum absolute atomic E-state index is 0.726. The van der Waals surface area contributed by atoms with Gasteiger partial charge in [0.25, 0.3) is 0 Å². The molecule has 1 aromatic carbocycles. The van der Waals surface area contributed by atoms with Gasteiger partial charge in [-0.25, -0.2) is 4.98 Å². The summed E-state index contributed by atoms with van der Waals surface area (Å²) in [7, 11) is 0. The summed E-state index contributed by atoms with van der Waals surface area (Å²) in [6, 6.07) is 8.94. The van der Waals surface area contributed by atoms with E-state index in [-0.39, 0.29) is 0 Å². The first-order valence-electron chi connectivity index (χ1n) is 6.65. The Hall–Kier alpha value is -1.61. The summed E-state index contributed by atoms with van der Waals surface area (Å²) in [5.74, 6) is 1.76. The normalized spacial score (nSPS) is 16.9. The maximum absolute atomic E-state index is 4.26. The van der Waals surface area contributed by atoms with Gasteiger partial charge in [0.15, 0.2) is 0 Å². The molecule has 1 aromatic heterocycles. The van der Waals surface area contributed by atoms with Gasteiger partial charge < -0.3 is 9.88 Å². The van der Waals surface area contributed by atoms with Crippen molar-refractivity contribution in [3.63, 3.8) is 0 Å². The minimum atomic E-state index is 0.726. The smallest absolute Gasteiger partial charge is 0.110 e. The van der Waals surface area contributed by atoms with E-state index in [9.17, 15) is 0 Å². The van der Waals surface area contributed by atoms with Gasteiger partial charge in [0, 0.05) is 18.1 Å². The van der Waals surface area contributed by atoms with Gasteiger partial charge in [-0.2, -0.15) is 0 Å². The average molecular weight is 241 g/mol. The molecule has 1 saturated heterocycles. The third-order valence-electron chi connectivity index (χ3n) is 3.81. The van der Waals surface area contributed by atoms with E-state index in [1.165, 1.54) is 24.1 Å². The number of hydrogen-bond donors (Lipinski definition) is 1. The number of rotatable bonds is 2. The van der Waals surface area contributed by atoms with Gasteiger partial charge in [0.2, 0.25) is 0 Å². The van der Waals surface area contributed by atoms with E-state index in [0.717, 1.165) is 24.8 Å². The Morgan fingerprint density at radius 1 is 1.17 bits per heavy atom. The van der Waals surface area contributed by atoms with Crippen LogP contribution >= 0.6 is 0 Å². The summed E-state index contributed by atoms with van der Waals surface area (Å²) in [5, 5.41) is 3.41. The molecule has 0 unspecified atom stereocenters. The molecule has 3 rings (SSSR count). The van der Waals surface area contributed by atoms with E-state index in [1.807, 2.05) is 19.3 Å². The van der Waals surface area contributed by atoms with Gasteiger partial charge in [-0.15, -0.1) is 0 Å². The average Bonchev–Trinajstić information content (AvgIpc) is 2.86. The summed E-state index contributed by atoms with van der Waals surface area (Å²) < 4.78 is 2.12. The summed E-state index contributed by atoms with van der Waals surface area (Å²) in [5.41, 5.74) is 2.67. The molecule has 0 bridgehead atoms. The molecule has 3 heteroatoms. The summed E-state index contributed by atoms with van der Waals surface area (Å²) >= 11 is 0. The van der Waals surface area contributed by atoms with E-state index < -0.39 is 0 Å². The molecule has 94 valence electrons. The van der Waals surface area contributed by atoms with Crippen LogP contribution in [0.3, 0.4) is 0 Å². The number of hydrogen-bond acceptors (Lipinski definition) is 2. The van der Waals surface area contributed by atoms with Crippen molar-refractivity contribution in [2.24, 2.45) is 0 Å². The number of piperidine rings is 1. The van der Waals surface area contributed by atoms with E-state index >= 15 is 0 Å². The van der Waals surface area contributed by atoms with Crippen molar-refractivity contribution < 1.29 is 0 Å². The van der Waals surface area contributed by atoms with Crippen LogP contribution in [-0.4, -0.2) is 22.6 Å². The Labute approximate surface area is 108 Å². The van der Waals surface area contributed by atoms with E-state index in [4.69, 9.17) is 0 Å². The van der Waals surface area contributed by atoms with Crippen molar-refractivity contribution in [2.45, 2.75) is 25.7 Å². The van der Waals surface area contributed by atoms with Crippen LogP contribution in [0.5, 0.6) is 0 Å². The molecule has 0 saturated carbocycles. The zero-order chi connectivity index (χ0) is 12.4. The molecule has 1 N–H and O–H groups in total. The predicted molar refractivity (Wildman–Crippen MR) is 73.1 cm³/mol. The SMILES string of the molecule is Cc1nccn1-c1ccc(C2CCNCC2)cc1. The molecule has 0 atom stereocenters. The Morgan fingerprint density at radius 3 is 2.50 bits per heavy atom. The number of aryl methyl sites for hydroxylation is 1. The number of nitrogens with one attached hydrogen (secondary N) is 1. The Bertz CT molecular complexity index is 507. The molecular formula is C15H19N3. The Balaban J connectivity index is 1.82. The molecule has 0 amide bonds. The quantitative estimate of drug-likeness (QED) is 0.876. The Kier molecular flexibility index (Phi) is 3.15. The monoisotopic (exact) mass is 241 g/mol. The van der Waals surface area contributed by atoms with Gasteiger partial charge in [-0.05, 0) is 56.5 Å². The third kappa shape index (κ3) is 2.18. The molecular weight excluding hydrogens is 222 g/mol. The van der Waals surface area contributed by atoms with Crippen LogP contribution in [0.2, 0.25) is 0 Å². The van der Waals surface area contributed by atoms with Gasteiger partial charge in [0.05, 0.1) is 0 Å². The lowest BCUT2D eigenvalue weighted by atomic mass is 9.90. The van der Waals surface area contributed by atoms with E-state index in [1.54, 1.807) is 0 Å². The highest BCUT2D eigenvalue weighted by atomic mass is 15.1. The van der Waals surface area contributed by atoms with Crippen molar-refractivity contribution in [3.8, 4) is 5.69 Å². The van der Waals surface area contributed by atoms with Crippen molar-refractivity contribution in [3.05, 3.63) is 48.0 Å². The molecule has 0 radical (unpaired) electrons. The first-order valence-corrected chi connectivity index (χ1v) is 6.65. The highest BCUT2D eigenvalue weighted by Gasteiger charge is 2.14. The van der Waals surface area contributed by atoms with Crippen LogP contribution < -0.4 is 5.32 Å². The topological polar surface area (TPSA) is 29.9 Å². The first kappa shape index (κ1) is 11.5. The number of aromatic nitrogens is 2. The highest BCUT2D eigenvalue weighted by Crippen LogP contribution is 2.26. The lowest BCUT2D eigenvalue weighted by Gasteiger charge is -2.23. The lowest BCUT2D eigenvalue weighted by molar-refractivity contribution is 0.460. The maximum Gasteiger partial charge on any atom is 0.110 e. The van der Waals surface area contributed by atoms with Gasteiger partial charge in [0.1, 0.15) is 5.82 Å².